The molecule has 4 rings (SSSR count). The van der Waals surface area contributed by atoms with Gasteiger partial charge in [0, 0.05) is 62.2 Å². The largest absolute Gasteiger partial charge is 0.480 e. The first-order chi connectivity index (χ1) is 18.3. The molecule has 39 heavy (non-hydrogen) atoms. The molecule has 0 bridgehead atoms. The molecule has 0 aromatic heterocycles. The van der Waals surface area contributed by atoms with Gasteiger partial charge >= 0.3 is 5.97 Å². The van der Waals surface area contributed by atoms with Crippen molar-refractivity contribution >= 4 is 11.9 Å². The number of hydrogen-bond acceptors (Lipinski definition) is 4. The van der Waals surface area contributed by atoms with Crippen molar-refractivity contribution in [2.45, 2.75) is 71.0 Å². The van der Waals surface area contributed by atoms with Crippen molar-refractivity contribution in [1.29, 1.82) is 0 Å². The highest BCUT2D eigenvalue weighted by Gasteiger charge is 2.46. The van der Waals surface area contributed by atoms with Gasteiger partial charge in [-0.15, -0.1) is 0 Å². The number of nitrogens with zero attached hydrogens (tertiary/aromatic N) is 3. The fourth-order valence-electron chi connectivity index (χ4n) is 6.24. The summed E-state index contributed by atoms with van der Waals surface area (Å²) in [4.78, 5) is 32.4. The average Bonchev–Trinajstić information content (AvgIpc) is 3.30. The van der Waals surface area contributed by atoms with E-state index >= 15 is 0 Å². The lowest BCUT2D eigenvalue weighted by Gasteiger charge is -2.44. The number of halogens is 2. The minimum Gasteiger partial charge on any atom is -0.480 e. The van der Waals surface area contributed by atoms with Crippen LogP contribution >= 0.6 is 0 Å². The number of piperazine rings is 1. The van der Waals surface area contributed by atoms with Gasteiger partial charge in [-0.1, -0.05) is 42.8 Å². The minimum atomic E-state index is -0.876. The van der Waals surface area contributed by atoms with Gasteiger partial charge in [0.1, 0.15) is 17.7 Å². The van der Waals surface area contributed by atoms with Gasteiger partial charge in [0.15, 0.2) is 0 Å². The summed E-state index contributed by atoms with van der Waals surface area (Å²) in [5, 5.41) is 10.2. The monoisotopic (exact) mass is 541 g/mol. The molecule has 2 aromatic carbocycles. The number of benzene rings is 2. The molecule has 0 radical (unpaired) electrons. The number of carbonyl (C=O) groups is 2. The summed E-state index contributed by atoms with van der Waals surface area (Å²) in [6.07, 6.45) is 0. The van der Waals surface area contributed by atoms with Crippen LogP contribution in [0.15, 0.2) is 42.5 Å². The lowest BCUT2D eigenvalue weighted by atomic mass is 9.86. The fraction of sp³-hybridized carbons (Fsp3) is 0.548. The van der Waals surface area contributed by atoms with Gasteiger partial charge in [0.2, 0.25) is 5.91 Å². The molecule has 2 aromatic rings. The Morgan fingerprint density at radius 2 is 1.67 bits per heavy atom. The predicted molar refractivity (Wildman–Crippen MR) is 148 cm³/mol. The van der Waals surface area contributed by atoms with Crippen molar-refractivity contribution in [2.75, 3.05) is 32.7 Å². The zero-order valence-corrected chi connectivity index (χ0v) is 23.8. The summed E-state index contributed by atoms with van der Waals surface area (Å²) in [7, 11) is 0. The number of carboxylic acid groups (broad SMARTS) is 1. The number of rotatable bonds is 6. The smallest absolute Gasteiger partial charge is 0.321 e. The van der Waals surface area contributed by atoms with Crippen LogP contribution in [0, 0.1) is 24.5 Å². The molecule has 0 saturated carbocycles. The second-order valence-electron chi connectivity index (χ2n) is 12.3. The maximum Gasteiger partial charge on any atom is 0.321 e. The van der Waals surface area contributed by atoms with E-state index in [0.717, 1.165) is 17.2 Å². The SMILES string of the molecule is Cc1ccc(C(C)C(C(=O)O)N2CCN(C(=O)[C@@H]3CN(C(C)(C)C)C[C@H]3c3ccc(F)cc3F)[C@@H](C)C2)cc1. The molecule has 5 atom stereocenters. The Hall–Kier alpha value is -2.84. The molecule has 1 amide bonds. The Bertz CT molecular complexity index is 1200. The van der Waals surface area contributed by atoms with Crippen LogP contribution in [-0.2, 0) is 9.59 Å². The highest BCUT2D eigenvalue weighted by atomic mass is 19.1. The Labute approximate surface area is 230 Å². The fourth-order valence-corrected chi connectivity index (χ4v) is 6.24. The second kappa shape index (κ2) is 11.3. The van der Waals surface area contributed by atoms with Gasteiger partial charge in [-0.25, -0.2) is 8.78 Å². The van der Waals surface area contributed by atoms with Crippen molar-refractivity contribution in [3.05, 3.63) is 70.8 Å². The first kappa shape index (κ1) is 29.2. The lowest BCUT2D eigenvalue weighted by Crippen LogP contribution is -2.60. The highest BCUT2D eigenvalue weighted by Crippen LogP contribution is 2.39. The first-order valence-corrected chi connectivity index (χ1v) is 13.8. The van der Waals surface area contributed by atoms with E-state index in [2.05, 4.69) is 25.7 Å². The number of carboxylic acids is 1. The zero-order valence-electron chi connectivity index (χ0n) is 23.8. The molecule has 212 valence electrons. The standard InChI is InChI=1S/C31H41F2N3O3/c1-19-7-9-22(10-8-19)21(3)28(30(38)39)34-13-14-36(20(2)16-34)29(37)26-18-35(31(4,5)6)17-25(26)24-12-11-23(32)15-27(24)33/h7-12,15,20-21,25-26,28H,13-14,16-18H2,1-6H3,(H,38,39)/t20-,21?,25-,26+,28?/m0/s1. The highest BCUT2D eigenvalue weighted by molar-refractivity contribution is 5.81. The Balaban J connectivity index is 1.53. The van der Waals surface area contributed by atoms with Crippen molar-refractivity contribution in [1.82, 2.24) is 14.7 Å². The number of hydrogen-bond donors (Lipinski definition) is 1. The summed E-state index contributed by atoms with van der Waals surface area (Å²) in [5.41, 5.74) is 2.24. The molecule has 0 aliphatic carbocycles. The van der Waals surface area contributed by atoms with Crippen LogP contribution in [0.25, 0.3) is 0 Å². The Kier molecular flexibility index (Phi) is 8.47. The molecule has 0 spiro atoms. The van der Waals surface area contributed by atoms with E-state index in [9.17, 15) is 23.5 Å². The van der Waals surface area contributed by atoms with E-state index in [4.69, 9.17) is 0 Å². The maximum absolute atomic E-state index is 14.9. The average molecular weight is 542 g/mol. The van der Waals surface area contributed by atoms with Crippen LogP contribution in [0.1, 0.15) is 63.1 Å². The van der Waals surface area contributed by atoms with E-state index < -0.39 is 35.5 Å². The Morgan fingerprint density at radius 1 is 1.00 bits per heavy atom. The van der Waals surface area contributed by atoms with Crippen LogP contribution in [0.3, 0.4) is 0 Å². The normalized spacial score (nSPS) is 24.5. The zero-order chi connectivity index (χ0) is 28.6. The molecule has 2 aliphatic rings. The molecule has 1 N–H and O–H groups in total. The van der Waals surface area contributed by atoms with E-state index in [-0.39, 0.29) is 23.4 Å². The third kappa shape index (κ3) is 6.17. The van der Waals surface area contributed by atoms with Crippen LogP contribution in [0.2, 0.25) is 0 Å². The van der Waals surface area contributed by atoms with Crippen molar-refractivity contribution < 1.29 is 23.5 Å². The minimum absolute atomic E-state index is 0.0546. The molecule has 6 nitrogen and oxygen atoms in total. The van der Waals surface area contributed by atoms with Gasteiger partial charge < -0.3 is 10.0 Å². The molecule has 2 unspecified atom stereocenters. The van der Waals surface area contributed by atoms with Gasteiger partial charge in [-0.2, -0.15) is 0 Å². The van der Waals surface area contributed by atoms with Gasteiger partial charge in [-0.3, -0.25) is 19.4 Å². The van der Waals surface area contributed by atoms with Crippen LogP contribution in [0.4, 0.5) is 8.78 Å². The van der Waals surface area contributed by atoms with E-state index in [1.165, 1.54) is 12.1 Å². The maximum atomic E-state index is 14.9. The summed E-state index contributed by atoms with van der Waals surface area (Å²) in [6, 6.07) is 10.6. The summed E-state index contributed by atoms with van der Waals surface area (Å²) in [6.45, 7) is 14.4. The number of amides is 1. The summed E-state index contributed by atoms with van der Waals surface area (Å²) in [5.74, 6) is -3.28. The van der Waals surface area contributed by atoms with Gasteiger partial charge in [0.25, 0.3) is 0 Å². The third-order valence-electron chi connectivity index (χ3n) is 8.61. The number of likely N-dealkylation sites (tertiary alicyclic amines) is 1. The van der Waals surface area contributed by atoms with Crippen LogP contribution in [-0.4, -0.2) is 82.0 Å². The quantitative estimate of drug-likeness (QED) is 0.565. The number of carbonyl (C=O) groups excluding carboxylic acids is 1. The molecule has 8 heteroatoms. The third-order valence-corrected chi connectivity index (χ3v) is 8.61. The van der Waals surface area contributed by atoms with E-state index in [1.807, 2.05) is 54.8 Å². The van der Waals surface area contributed by atoms with E-state index in [0.29, 0.717) is 38.3 Å². The van der Waals surface area contributed by atoms with Crippen molar-refractivity contribution in [3.63, 3.8) is 0 Å². The van der Waals surface area contributed by atoms with Crippen molar-refractivity contribution in [2.24, 2.45) is 5.92 Å². The van der Waals surface area contributed by atoms with E-state index in [1.54, 1.807) is 0 Å². The molecule has 2 saturated heterocycles. The molecule has 2 fully saturated rings. The van der Waals surface area contributed by atoms with Crippen LogP contribution in [0.5, 0.6) is 0 Å². The topological polar surface area (TPSA) is 64.1 Å². The molecular weight excluding hydrogens is 500 g/mol. The lowest BCUT2D eigenvalue weighted by molar-refractivity contribution is -0.147. The molecular formula is C31H41F2N3O3. The van der Waals surface area contributed by atoms with Crippen LogP contribution < -0.4 is 0 Å². The Morgan fingerprint density at radius 3 is 2.23 bits per heavy atom. The number of aliphatic carboxylic acids is 1. The summed E-state index contributed by atoms with van der Waals surface area (Å²) >= 11 is 0. The van der Waals surface area contributed by atoms with Crippen molar-refractivity contribution in [3.8, 4) is 0 Å². The molecule has 2 heterocycles. The molecule has 2 aliphatic heterocycles. The predicted octanol–water partition coefficient (Wildman–Crippen LogP) is 4.88. The van der Waals surface area contributed by atoms with Gasteiger partial charge in [0.05, 0.1) is 5.92 Å². The number of aryl methyl sites for hydroxylation is 1. The summed E-state index contributed by atoms with van der Waals surface area (Å²) < 4.78 is 28.6. The second-order valence-corrected chi connectivity index (χ2v) is 12.3. The first-order valence-electron chi connectivity index (χ1n) is 13.8. The van der Waals surface area contributed by atoms with Gasteiger partial charge in [-0.05, 0) is 51.8 Å².